The third kappa shape index (κ3) is 4.20. The summed E-state index contributed by atoms with van der Waals surface area (Å²) in [7, 11) is 1.76. The highest BCUT2D eigenvalue weighted by molar-refractivity contribution is 5.48. The van der Waals surface area contributed by atoms with E-state index in [1.165, 1.54) is 11.3 Å². The van der Waals surface area contributed by atoms with E-state index < -0.39 is 0 Å². The Balaban J connectivity index is 1.83. The standard InChI is InChI=1S/C15H25N3O/c1-19-13-12-17-8-10-18(11-9-17)15-4-2-14(3-5-15)6-7-16/h2-5H,6-13,16H2,1H3. The summed E-state index contributed by atoms with van der Waals surface area (Å²) in [5.74, 6) is 0. The first-order valence-corrected chi connectivity index (χ1v) is 7.08. The molecule has 0 aliphatic carbocycles. The Morgan fingerprint density at radius 2 is 1.79 bits per heavy atom. The fourth-order valence-corrected chi connectivity index (χ4v) is 2.49. The third-order valence-electron chi connectivity index (χ3n) is 3.72. The average molecular weight is 263 g/mol. The van der Waals surface area contributed by atoms with Crippen LogP contribution in [0, 0.1) is 0 Å². The number of nitrogens with zero attached hydrogens (tertiary/aromatic N) is 2. The molecule has 4 heteroatoms. The number of ether oxygens (including phenoxy) is 1. The molecule has 0 bridgehead atoms. The van der Waals surface area contributed by atoms with E-state index in [9.17, 15) is 0 Å². The van der Waals surface area contributed by atoms with E-state index in [1.54, 1.807) is 7.11 Å². The van der Waals surface area contributed by atoms with Gasteiger partial charge in [0.05, 0.1) is 6.61 Å². The summed E-state index contributed by atoms with van der Waals surface area (Å²) in [6, 6.07) is 8.82. The van der Waals surface area contributed by atoms with Gasteiger partial charge in [-0.15, -0.1) is 0 Å². The molecule has 1 aliphatic heterocycles. The van der Waals surface area contributed by atoms with Crippen LogP contribution in [0.4, 0.5) is 5.69 Å². The molecule has 106 valence electrons. The van der Waals surface area contributed by atoms with Gasteiger partial charge in [0.15, 0.2) is 0 Å². The van der Waals surface area contributed by atoms with Gasteiger partial charge in [-0.05, 0) is 30.7 Å². The number of piperazine rings is 1. The number of hydrogen-bond acceptors (Lipinski definition) is 4. The smallest absolute Gasteiger partial charge is 0.0589 e. The first-order valence-electron chi connectivity index (χ1n) is 7.08. The van der Waals surface area contributed by atoms with Crippen molar-refractivity contribution in [1.82, 2.24) is 4.90 Å². The molecule has 2 rings (SSSR count). The van der Waals surface area contributed by atoms with Crippen molar-refractivity contribution < 1.29 is 4.74 Å². The zero-order valence-electron chi connectivity index (χ0n) is 11.8. The molecule has 0 saturated carbocycles. The number of rotatable bonds is 6. The van der Waals surface area contributed by atoms with Gasteiger partial charge in [0.25, 0.3) is 0 Å². The molecule has 4 nitrogen and oxygen atoms in total. The highest BCUT2D eigenvalue weighted by atomic mass is 16.5. The van der Waals surface area contributed by atoms with E-state index in [4.69, 9.17) is 10.5 Å². The quantitative estimate of drug-likeness (QED) is 0.830. The van der Waals surface area contributed by atoms with Crippen molar-refractivity contribution in [3.63, 3.8) is 0 Å². The summed E-state index contributed by atoms with van der Waals surface area (Å²) in [4.78, 5) is 4.91. The Morgan fingerprint density at radius 3 is 2.37 bits per heavy atom. The molecular weight excluding hydrogens is 238 g/mol. The average Bonchev–Trinajstić information content (AvgIpc) is 2.47. The monoisotopic (exact) mass is 263 g/mol. The molecule has 0 aromatic heterocycles. The summed E-state index contributed by atoms with van der Waals surface area (Å²) in [5.41, 5.74) is 8.22. The summed E-state index contributed by atoms with van der Waals surface area (Å²) in [6.07, 6.45) is 0.963. The van der Waals surface area contributed by atoms with Crippen LogP contribution in [0.5, 0.6) is 0 Å². The maximum atomic E-state index is 5.57. The molecule has 1 heterocycles. The van der Waals surface area contributed by atoms with E-state index in [0.29, 0.717) is 0 Å². The van der Waals surface area contributed by atoms with Crippen LogP contribution in [0.3, 0.4) is 0 Å². The van der Waals surface area contributed by atoms with Crippen LogP contribution in [-0.2, 0) is 11.2 Å². The maximum absolute atomic E-state index is 5.57. The van der Waals surface area contributed by atoms with Gasteiger partial charge in [-0.1, -0.05) is 12.1 Å². The van der Waals surface area contributed by atoms with Crippen LogP contribution >= 0.6 is 0 Å². The second-order valence-electron chi connectivity index (χ2n) is 5.03. The van der Waals surface area contributed by atoms with Crippen molar-refractivity contribution in [2.45, 2.75) is 6.42 Å². The molecular formula is C15H25N3O. The molecule has 1 aliphatic rings. The zero-order chi connectivity index (χ0) is 13.5. The van der Waals surface area contributed by atoms with Crippen LogP contribution in [0.1, 0.15) is 5.56 Å². The normalized spacial score (nSPS) is 16.8. The lowest BCUT2D eigenvalue weighted by atomic mass is 10.1. The highest BCUT2D eigenvalue weighted by Crippen LogP contribution is 2.17. The van der Waals surface area contributed by atoms with E-state index >= 15 is 0 Å². The van der Waals surface area contributed by atoms with Gasteiger partial charge in [0, 0.05) is 45.5 Å². The third-order valence-corrected chi connectivity index (χ3v) is 3.72. The van der Waals surface area contributed by atoms with Gasteiger partial charge >= 0.3 is 0 Å². The number of methoxy groups -OCH3 is 1. The van der Waals surface area contributed by atoms with Crippen molar-refractivity contribution in [2.24, 2.45) is 5.73 Å². The van der Waals surface area contributed by atoms with Crippen LogP contribution in [-0.4, -0.2) is 57.9 Å². The zero-order valence-corrected chi connectivity index (χ0v) is 11.8. The fourth-order valence-electron chi connectivity index (χ4n) is 2.49. The molecule has 1 fully saturated rings. The van der Waals surface area contributed by atoms with Crippen molar-refractivity contribution in [2.75, 3.05) is 57.9 Å². The second-order valence-corrected chi connectivity index (χ2v) is 5.03. The van der Waals surface area contributed by atoms with Crippen molar-refractivity contribution in [1.29, 1.82) is 0 Å². The lowest BCUT2D eigenvalue weighted by Gasteiger charge is -2.36. The molecule has 0 spiro atoms. The molecule has 0 unspecified atom stereocenters. The van der Waals surface area contributed by atoms with Gasteiger partial charge in [0.1, 0.15) is 0 Å². The first-order chi connectivity index (χ1) is 9.33. The van der Waals surface area contributed by atoms with Crippen LogP contribution in [0.2, 0.25) is 0 Å². The molecule has 19 heavy (non-hydrogen) atoms. The lowest BCUT2D eigenvalue weighted by Crippen LogP contribution is -2.47. The number of benzene rings is 1. The number of nitrogens with two attached hydrogens (primary N) is 1. The molecule has 2 N–H and O–H groups in total. The Bertz CT molecular complexity index is 358. The van der Waals surface area contributed by atoms with Gasteiger partial charge in [-0.3, -0.25) is 4.90 Å². The van der Waals surface area contributed by atoms with Crippen LogP contribution in [0.25, 0.3) is 0 Å². The van der Waals surface area contributed by atoms with Crippen molar-refractivity contribution in [3.05, 3.63) is 29.8 Å². The molecule has 1 aromatic rings. The molecule has 0 amide bonds. The predicted octanol–water partition coefficient (Wildman–Crippen LogP) is 0.956. The highest BCUT2D eigenvalue weighted by Gasteiger charge is 2.16. The number of anilines is 1. The summed E-state index contributed by atoms with van der Waals surface area (Å²) in [5, 5.41) is 0. The second kappa shape index (κ2) is 7.48. The van der Waals surface area contributed by atoms with E-state index in [-0.39, 0.29) is 0 Å². The first kappa shape index (κ1) is 14.3. The fraction of sp³-hybridized carbons (Fsp3) is 0.600. The summed E-state index contributed by atoms with van der Waals surface area (Å²) in [6.45, 7) is 7.02. The van der Waals surface area contributed by atoms with Crippen molar-refractivity contribution >= 4 is 5.69 Å². The summed E-state index contributed by atoms with van der Waals surface area (Å²) >= 11 is 0. The lowest BCUT2D eigenvalue weighted by molar-refractivity contribution is 0.144. The maximum Gasteiger partial charge on any atom is 0.0589 e. The molecule has 1 aromatic carbocycles. The Hall–Kier alpha value is -1.10. The molecule has 1 saturated heterocycles. The van der Waals surface area contributed by atoms with Gasteiger partial charge in [0.2, 0.25) is 0 Å². The van der Waals surface area contributed by atoms with E-state index in [0.717, 1.165) is 52.3 Å². The SMILES string of the molecule is COCCN1CCN(c2ccc(CCN)cc2)CC1. The number of hydrogen-bond donors (Lipinski definition) is 1. The Labute approximate surface area is 116 Å². The van der Waals surface area contributed by atoms with Gasteiger partial charge in [-0.25, -0.2) is 0 Å². The summed E-state index contributed by atoms with van der Waals surface area (Å²) < 4.78 is 5.13. The topological polar surface area (TPSA) is 41.7 Å². The van der Waals surface area contributed by atoms with Crippen molar-refractivity contribution in [3.8, 4) is 0 Å². The predicted molar refractivity (Wildman–Crippen MR) is 79.7 cm³/mol. The van der Waals surface area contributed by atoms with Gasteiger partial charge in [-0.2, -0.15) is 0 Å². The largest absolute Gasteiger partial charge is 0.383 e. The minimum Gasteiger partial charge on any atom is -0.383 e. The molecule has 0 atom stereocenters. The van der Waals surface area contributed by atoms with E-state index in [2.05, 4.69) is 34.1 Å². The Kier molecular flexibility index (Phi) is 5.63. The Morgan fingerprint density at radius 1 is 1.11 bits per heavy atom. The molecule has 0 radical (unpaired) electrons. The minimum atomic E-state index is 0.720. The van der Waals surface area contributed by atoms with Crippen LogP contribution in [0.15, 0.2) is 24.3 Å². The van der Waals surface area contributed by atoms with Crippen LogP contribution < -0.4 is 10.6 Å². The van der Waals surface area contributed by atoms with Gasteiger partial charge < -0.3 is 15.4 Å². The van der Waals surface area contributed by atoms with E-state index in [1.807, 2.05) is 0 Å². The minimum absolute atomic E-state index is 0.720.